The highest BCUT2D eigenvalue weighted by Gasteiger charge is 2.41. The standard InChI is InChI=1S/C26H24O3/c1-15(2)14-26(3)24-20-12-18(27)8-4-16(20)6-10-22(24)29-23-11-7-17-5-9-19(28)13-21(17)25(23)26/h4-13,15,27-28H,14H2,1-3H3. The van der Waals surface area contributed by atoms with E-state index >= 15 is 0 Å². The highest BCUT2D eigenvalue weighted by Crippen LogP contribution is 2.55. The van der Waals surface area contributed by atoms with Crippen LogP contribution in [0.3, 0.4) is 0 Å². The molecule has 1 heterocycles. The molecule has 1 aliphatic heterocycles. The number of phenols is 2. The second-order valence-electron chi connectivity index (χ2n) is 8.72. The van der Waals surface area contributed by atoms with E-state index in [-0.39, 0.29) is 16.9 Å². The Labute approximate surface area is 170 Å². The molecule has 0 radical (unpaired) electrons. The Hall–Kier alpha value is -3.20. The molecule has 0 atom stereocenters. The van der Waals surface area contributed by atoms with Gasteiger partial charge in [-0.1, -0.05) is 45.0 Å². The van der Waals surface area contributed by atoms with Crippen molar-refractivity contribution >= 4 is 21.5 Å². The first-order valence-electron chi connectivity index (χ1n) is 10.1. The van der Waals surface area contributed by atoms with Gasteiger partial charge in [0.05, 0.1) is 0 Å². The summed E-state index contributed by atoms with van der Waals surface area (Å²) >= 11 is 0. The minimum atomic E-state index is -0.336. The number of benzene rings is 4. The second-order valence-corrected chi connectivity index (χ2v) is 8.72. The minimum absolute atomic E-state index is 0.249. The largest absolute Gasteiger partial charge is 0.508 e. The van der Waals surface area contributed by atoms with Gasteiger partial charge in [0.1, 0.15) is 23.0 Å². The Morgan fingerprint density at radius 3 is 1.66 bits per heavy atom. The first-order valence-corrected chi connectivity index (χ1v) is 10.1. The topological polar surface area (TPSA) is 49.7 Å². The zero-order valence-electron chi connectivity index (χ0n) is 16.9. The van der Waals surface area contributed by atoms with Crippen LogP contribution in [-0.2, 0) is 5.41 Å². The van der Waals surface area contributed by atoms with Crippen molar-refractivity contribution in [3.63, 3.8) is 0 Å². The fourth-order valence-corrected chi connectivity index (χ4v) is 5.15. The van der Waals surface area contributed by atoms with Gasteiger partial charge in [-0.2, -0.15) is 0 Å². The molecule has 3 heteroatoms. The Balaban J connectivity index is 1.93. The summed E-state index contributed by atoms with van der Waals surface area (Å²) in [6.45, 7) is 6.72. The smallest absolute Gasteiger partial charge is 0.132 e. The van der Waals surface area contributed by atoms with Crippen LogP contribution >= 0.6 is 0 Å². The van der Waals surface area contributed by atoms with E-state index in [1.807, 2.05) is 48.5 Å². The zero-order valence-corrected chi connectivity index (χ0v) is 16.9. The van der Waals surface area contributed by atoms with E-state index in [2.05, 4.69) is 20.8 Å². The van der Waals surface area contributed by atoms with Crippen LogP contribution in [0.15, 0.2) is 60.7 Å². The van der Waals surface area contributed by atoms with Crippen molar-refractivity contribution in [1.82, 2.24) is 0 Å². The molecule has 0 amide bonds. The van der Waals surface area contributed by atoms with Crippen molar-refractivity contribution in [1.29, 1.82) is 0 Å². The van der Waals surface area contributed by atoms with E-state index in [1.54, 1.807) is 12.1 Å². The van der Waals surface area contributed by atoms with Gasteiger partial charge in [-0.25, -0.2) is 0 Å². The van der Waals surface area contributed by atoms with Gasteiger partial charge in [-0.05, 0) is 70.3 Å². The molecule has 5 rings (SSSR count). The molecule has 0 bridgehead atoms. The Kier molecular flexibility index (Phi) is 3.79. The molecule has 0 aliphatic carbocycles. The molecule has 0 spiro atoms. The quantitative estimate of drug-likeness (QED) is 0.397. The van der Waals surface area contributed by atoms with E-state index in [9.17, 15) is 10.2 Å². The number of phenolic OH excluding ortho intramolecular Hbond substituents is 2. The molecule has 1 aliphatic rings. The monoisotopic (exact) mass is 384 g/mol. The lowest BCUT2D eigenvalue weighted by Gasteiger charge is -2.40. The lowest BCUT2D eigenvalue weighted by molar-refractivity contribution is 0.366. The molecule has 0 fully saturated rings. The van der Waals surface area contributed by atoms with Crippen molar-refractivity contribution in [2.75, 3.05) is 0 Å². The Morgan fingerprint density at radius 2 is 1.21 bits per heavy atom. The second kappa shape index (κ2) is 6.15. The third-order valence-electron chi connectivity index (χ3n) is 6.07. The summed E-state index contributed by atoms with van der Waals surface area (Å²) < 4.78 is 6.39. The highest BCUT2D eigenvalue weighted by molar-refractivity contribution is 5.96. The van der Waals surface area contributed by atoms with Crippen LogP contribution < -0.4 is 4.74 Å². The van der Waals surface area contributed by atoms with Gasteiger partial charge >= 0.3 is 0 Å². The molecule has 146 valence electrons. The van der Waals surface area contributed by atoms with Crippen molar-refractivity contribution < 1.29 is 14.9 Å². The van der Waals surface area contributed by atoms with E-state index in [0.717, 1.165) is 50.6 Å². The van der Waals surface area contributed by atoms with Crippen molar-refractivity contribution in [3.8, 4) is 23.0 Å². The maximum atomic E-state index is 10.2. The Morgan fingerprint density at radius 1 is 0.759 bits per heavy atom. The fourth-order valence-electron chi connectivity index (χ4n) is 5.15. The maximum absolute atomic E-state index is 10.2. The zero-order chi connectivity index (χ0) is 20.3. The van der Waals surface area contributed by atoms with Crippen molar-refractivity contribution in [3.05, 3.63) is 71.8 Å². The summed E-state index contributed by atoms with van der Waals surface area (Å²) in [5, 5.41) is 24.6. The predicted octanol–water partition coefficient (Wildman–Crippen LogP) is 6.86. The molecular formula is C26H24O3. The van der Waals surface area contributed by atoms with Crippen LogP contribution in [0.1, 0.15) is 38.3 Å². The SMILES string of the molecule is CC(C)CC1(C)c2c(ccc3ccc(O)cc23)Oc2ccc3ccc(O)cc3c21. The first-order chi connectivity index (χ1) is 13.9. The lowest BCUT2D eigenvalue weighted by atomic mass is 9.67. The Bertz CT molecular complexity index is 1180. The van der Waals surface area contributed by atoms with Crippen LogP contribution in [0.2, 0.25) is 0 Å². The van der Waals surface area contributed by atoms with E-state index < -0.39 is 0 Å². The van der Waals surface area contributed by atoms with Crippen molar-refractivity contribution in [2.45, 2.75) is 32.6 Å². The number of aromatic hydroxyl groups is 2. The third kappa shape index (κ3) is 2.65. The fraction of sp³-hybridized carbons (Fsp3) is 0.231. The molecule has 4 aromatic rings. The van der Waals surface area contributed by atoms with E-state index in [1.165, 1.54) is 0 Å². The molecule has 0 saturated carbocycles. The molecule has 0 saturated heterocycles. The van der Waals surface area contributed by atoms with Crippen LogP contribution in [0.25, 0.3) is 21.5 Å². The average Bonchev–Trinajstić information content (AvgIpc) is 2.66. The summed E-state index contributed by atoms with van der Waals surface area (Å²) in [4.78, 5) is 0. The van der Waals surface area contributed by atoms with Gasteiger partial charge in [0, 0.05) is 16.5 Å². The van der Waals surface area contributed by atoms with Gasteiger partial charge in [0.15, 0.2) is 0 Å². The molecule has 4 aromatic carbocycles. The number of hydrogen-bond donors (Lipinski definition) is 2. The normalized spacial score (nSPS) is 14.6. The summed E-state index contributed by atoms with van der Waals surface area (Å²) in [5.74, 6) is 2.61. The summed E-state index contributed by atoms with van der Waals surface area (Å²) in [5.41, 5.74) is 1.86. The summed E-state index contributed by atoms with van der Waals surface area (Å²) in [6.07, 6.45) is 0.917. The van der Waals surface area contributed by atoms with Crippen LogP contribution in [-0.4, -0.2) is 10.2 Å². The highest BCUT2D eigenvalue weighted by atomic mass is 16.5. The van der Waals surface area contributed by atoms with Gasteiger partial charge in [0.2, 0.25) is 0 Å². The number of rotatable bonds is 2. The van der Waals surface area contributed by atoms with Gasteiger partial charge in [0.25, 0.3) is 0 Å². The number of fused-ring (bicyclic) bond motifs is 6. The average molecular weight is 384 g/mol. The molecule has 3 nitrogen and oxygen atoms in total. The maximum Gasteiger partial charge on any atom is 0.132 e. The van der Waals surface area contributed by atoms with E-state index in [4.69, 9.17) is 4.74 Å². The van der Waals surface area contributed by atoms with Crippen LogP contribution in [0.5, 0.6) is 23.0 Å². The molecular weight excluding hydrogens is 360 g/mol. The van der Waals surface area contributed by atoms with E-state index in [0.29, 0.717) is 5.92 Å². The molecule has 0 aromatic heterocycles. The molecule has 2 N–H and O–H groups in total. The molecule has 0 unspecified atom stereocenters. The van der Waals surface area contributed by atoms with Gasteiger partial charge in [-0.3, -0.25) is 0 Å². The van der Waals surface area contributed by atoms with Crippen LogP contribution in [0.4, 0.5) is 0 Å². The van der Waals surface area contributed by atoms with Crippen LogP contribution in [0, 0.1) is 5.92 Å². The minimum Gasteiger partial charge on any atom is -0.508 e. The van der Waals surface area contributed by atoms with Crippen molar-refractivity contribution in [2.24, 2.45) is 5.92 Å². The first kappa shape index (κ1) is 17.9. The number of ether oxygens (including phenoxy) is 1. The molecule has 29 heavy (non-hydrogen) atoms. The number of hydrogen-bond acceptors (Lipinski definition) is 3. The van der Waals surface area contributed by atoms with Gasteiger partial charge < -0.3 is 14.9 Å². The van der Waals surface area contributed by atoms with Gasteiger partial charge in [-0.15, -0.1) is 0 Å². The lowest BCUT2D eigenvalue weighted by Crippen LogP contribution is -2.30. The predicted molar refractivity (Wildman–Crippen MR) is 117 cm³/mol. The summed E-state index contributed by atoms with van der Waals surface area (Å²) in [7, 11) is 0. The summed E-state index contributed by atoms with van der Waals surface area (Å²) in [6, 6.07) is 19.2. The third-order valence-corrected chi connectivity index (χ3v) is 6.07.